The van der Waals surface area contributed by atoms with E-state index >= 15 is 0 Å². The Morgan fingerprint density at radius 2 is 1.77 bits per heavy atom. The summed E-state index contributed by atoms with van der Waals surface area (Å²) in [6, 6.07) is 8.65. The van der Waals surface area contributed by atoms with E-state index in [2.05, 4.69) is 5.32 Å². The van der Waals surface area contributed by atoms with Gasteiger partial charge in [-0.2, -0.15) is 0 Å². The van der Waals surface area contributed by atoms with Crippen LogP contribution < -0.4 is 5.32 Å². The van der Waals surface area contributed by atoms with E-state index in [1.807, 2.05) is 0 Å². The number of hydrogen-bond donors (Lipinski definition) is 3. The van der Waals surface area contributed by atoms with Crippen molar-refractivity contribution in [2.24, 2.45) is 0 Å². The average molecular weight is 374 g/mol. The smallest absolute Gasteiger partial charge is 0.394 e. The Morgan fingerprint density at radius 3 is 2.38 bits per heavy atom. The number of thiophene rings is 1. The van der Waals surface area contributed by atoms with Crippen LogP contribution in [0.15, 0.2) is 30.3 Å². The molecule has 0 saturated heterocycles. The number of nitrogens with zero attached hydrogens (tertiary/aromatic N) is 1. The molecule has 0 spiro atoms. The number of carboxylic acid groups (broad SMARTS) is 2. The summed E-state index contributed by atoms with van der Waals surface area (Å²) in [5.41, 5.74) is 0.770. The van der Waals surface area contributed by atoms with Gasteiger partial charge in [0.15, 0.2) is 0 Å². The first-order chi connectivity index (χ1) is 12.4. The lowest BCUT2D eigenvalue weighted by Gasteiger charge is -2.27. The normalized spacial score (nSPS) is 13.0. The maximum atomic E-state index is 12.6. The van der Waals surface area contributed by atoms with Crippen molar-refractivity contribution >= 4 is 40.1 Å². The number of rotatable bonds is 3. The molecule has 0 saturated carbocycles. The first-order valence-corrected chi connectivity index (χ1v) is 8.46. The summed E-state index contributed by atoms with van der Waals surface area (Å²) in [6.07, 6.45) is 0.432. The van der Waals surface area contributed by atoms with E-state index in [9.17, 15) is 24.3 Å². The predicted octanol–water partition coefficient (Wildman–Crippen LogP) is 1.67. The molecule has 9 heteroatoms. The van der Waals surface area contributed by atoms with Gasteiger partial charge in [0.2, 0.25) is 0 Å². The summed E-state index contributed by atoms with van der Waals surface area (Å²) < 4.78 is 0. The van der Waals surface area contributed by atoms with E-state index < -0.39 is 17.8 Å². The molecule has 2 heterocycles. The standard InChI is InChI=1S/C17H14N2O6S/c20-13(17(24)25)18-14-12(16(22)23)10-8-19(7-6-11(10)26-14)15(21)9-4-2-1-3-5-9/h1-5H,6-8H2,(H,18,20)(H,22,23)(H,24,25). The average Bonchev–Trinajstić information content (AvgIpc) is 2.98. The molecule has 1 aliphatic rings. The Morgan fingerprint density at radius 1 is 1.08 bits per heavy atom. The van der Waals surface area contributed by atoms with Crippen molar-refractivity contribution in [2.75, 3.05) is 11.9 Å². The van der Waals surface area contributed by atoms with Crippen molar-refractivity contribution in [1.82, 2.24) is 4.90 Å². The first kappa shape index (κ1) is 17.6. The van der Waals surface area contributed by atoms with Gasteiger partial charge in [-0.15, -0.1) is 11.3 Å². The lowest BCUT2D eigenvalue weighted by molar-refractivity contribution is -0.147. The van der Waals surface area contributed by atoms with Crippen molar-refractivity contribution < 1.29 is 29.4 Å². The van der Waals surface area contributed by atoms with Gasteiger partial charge in [0.1, 0.15) is 5.00 Å². The minimum Gasteiger partial charge on any atom is -0.478 e. The Hall–Kier alpha value is -3.20. The Bertz CT molecular complexity index is 905. The molecule has 1 aliphatic heterocycles. The summed E-state index contributed by atoms with van der Waals surface area (Å²) in [7, 11) is 0. The summed E-state index contributed by atoms with van der Waals surface area (Å²) in [4.78, 5) is 48.6. The van der Waals surface area contributed by atoms with Crippen LogP contribution in [0.5, 0.6) is 0 Å². The van der Waals surface area contributed by atoms with Gasteiger partial charge in [-0.25, -0.2) is 9.59 Å². The van der Waals surface area contributed by atoms with Crippen molar-refractivity contribution in [1.29, 1.82) is 0 Å². The van der Waals surface area contributed by atoms with Gasteiger partial charge in [0, 0.05) is 29.1 Å². The third-order valence-corrected chi connectivity index (χ3v) is 5.20. The Balaban J connectivity index is 1.91. The zero-order valence-corrected chi connectivity index (χ0v) is 14.2. The van der Waals surface area contributed by atoms with Crippen molar-refractivity contribution in [2.45, 2.75) is 13.0 Å². The zero-order chi connectivity index (χ0) is 18.8. The van der Waals surface area contributed by atoms with Crippen LogP contribution in [0.4, 0.5) is 5.00 Å². The number of anilines is 1. The van der Waals surface area contributed by atoms with Crippen LogP contribution in [0.25, 0.3) is 0 Å². The van der Waals surface area contributed by atoms with Crippen LogP contribution >= 0.6 is 11.3 Å². The van der Waals surface area contributed by atoms with Crippen LogP contribution in [0.1, 0.15) is 31.2 Å². The highest BCUT2D eigenvalue weighted by Gasteiger charge is 2.31. The van der Waals surface area contributed by atoms with E-state index in [1.165, 1.54) is 0 Å². The molecule has 3 N–H and O–H groups in total. The number of fused-ring (bicyclic) bond motifs is 1. The molecule has 1 aromatic carbocycles. The fourth-order valence-electron chi connectivity index (χ4n) is 2.80. The maximum Gasteiger partial charge on any atom is 0.394 e. The van der Waals surface area contributed by atoms with E-state index in [4.69, 9.17) is 5.11 Å². The number of aromatic carboxylic acids is 1. The first-order valence-electron chi connectivity index (χ1n) is 7.65. The van der Waals surface area contributed by atoms with Gasteiger partial charge in [-0.05, 0) is 18.6 Å². The third kappa shape index (κ3) is 3.29. The van der Waals surface area contributed by atoms with Crippen LogP contribution in [-0.4, -0.2) is 45.4 Å². The van der Waals surface area contributed by atoms with E-state index in [0.717, 1.165) is 16.2 Å². The second-order valence-corrected chi connectivity index (χ2v) is 6.72. The molecule has 0 unspecified atom stereocenters. The molecule has 1 aromatic heterocycles. The monoisotopic (exact) mass is 374 g/mol. The number of nitrogens with one attached hydrogen (secondary N) is 1. The lowest BCUT2D eigenvalue weighted by Crippen LogP contribution is -2.36. The molecule has 3 rings (SSSR count). The van der Waals surface area contributed by atoms with Crippen LogP contribution in [0, 0.1) is 0 Å². The summed E-state index contributed by atoms with van der Waals surface area (Å²) >= 11 is 1.03. The molecule has 0 atom stereocenters. The molecule has 134 valence electrons. The highest BCUT2D eigenvalue weighted by molar-refractivity contribution is 7.17. The molecular weight excluding hydrogens is 360 g/mol. The molecule has 0 fully saturated rings. The van der Waals surface area contributed by atoms with Gasteiger partial charge < -0.3 is 20.4 Å². The van der Waals surface area contributed by atoms with Crippen LogP contribution in [0.3, 0.4) is 0 Å². The summed E-state index contributed by atoms with van der Waals surface area (Å²) in [6.45, 7) is 0.497. The number of amides is 2. The van der Waals surface area contributed by atoms with Crippen LogP contribution in [0.2, 0.25) is 0 Å². The quantitative estimate of drug-likeness (QED) is 0.702. The van der Waals surface area contributed by atoms with Gasteiger partial charge in [0.05, 0.1) is 5.56 Å². The fourth-order valence-corrected chi connectivity index (χ4v) is 3.98. The lowest BCUT2D eigenvalue weighted by atomic mass is 10.0. The SMILES string of the molecule is O=C(O)C(=O)Nc1sc2c(c1C(=O)O)CN(C(=O)c1ccccc1)CC2. The van der Waals surface area contributed by atoms with Gasteiger partial charge in [-0.1, -0.05) is 18.2 Å². The number of hydrogen-bond acceptors (Lipinski definition) is 5. The number of aliphatic carboxylic acids is 1. The number of carbonyl (C=O) groups is 4. The van der Waals surface area contributed by atoms with Crippen molar-refractivity contribution in [3.8, 4) is 0 Å². The Labute approximate surface area is 151 Å². The van der Waals surface area contributed by atoms with Crippen molar-refractivity contribution in [3.05, 3.63) is 51.9 Å². The van der Waals surface area contributed by atoms with Gasteiger partial charge in [0.25, 0.3) is 5.91 Å². The number of carboxylic acids is 2. The molecule has 0 bridgehead atoms. The topological polar surface area (TPSA) is 124 Å². The van der Waals surface area contributed by atoms with E-state index in [0.29, 0.717) is 24.1 Å². The summed E-state index contributed by atoms with van der Waals surface area (Å²) in [5.74, 6) is -4.50. The minimum absolute atomic E-state index is 0.0242. The van der Waals surface area contributed by atoms with Crippen molar-refractivity contribution in [3.63, 3.8) is 0 Å². The fraction of sp³-hybridized carbons (Fsp3) is 0.176. The summed E-state index contributed by atoms with van der Waals surface area (Å²) in [5, 5.41) is 20.3. The molecule has 26 heavy (non-hydrogen) atoms. The molecule has 2 aromatic rings. The number of carbonyl (C=O) groups excluding carboxylic acids is 2. The van der Waals surface area contributed by atoms with Gasteiger partial charge >= 0.3 is 17.8 Å². The molecule has 0 radical (unpaired) electrons. The third-order valence-electron chi connectivity index (χ3n) is 3.99. The molecular formula is C17H14N2O6S. The van der Waals surface area contributed by atoms with Gasteiger partial charge in [-0.3, -0.25) is 9.59 Å². The largest absolute Gasteiger partial charge is 0.478 e. The zero-order valence-electron chi connectivity index (χ0n) is 13.4. The van der Waals surface area contributed by atoms with E-state index in [-0.39, 0.29) is 23.0 Å². The number of benzene rings is 1. The Kier molecular flexibility index (Phi) is 4.72. The molecule has 0 aliphatic carbocycles. The highest BCUT2D eigenvalue weighted by atomic mass is 32.1. The minimum atomic E-state index is -1.70. The molecule has 2 amide bonds. The van der Waals surface area contributed by atoms with E-state index in [1.54, 1.807) is 35.2 Å². The highest BCUT2D eigenvalue weighted by Crippen LogP contribution is 2.37. The maximum absolute atomic E-state index is 12.6. The second kappa shape index (κ2) is 6.96. The van der Waals surface area contributed by atoms with Crippen LogP contribution in [-0.2, 0) is 22.6 Å². The predicted molar refractivity (Wildman–Crippen MR) is 92.4 cm³/mol. The molecule has 8 nitrogen and oxygen atoms in total. The second-order valence-electron chi connectivity index (χ2n) is 5.62.